The van der Waals surface area contributed by atoms with Crippen molar-refractivity contribution in [2.45, 2.75) is 65.5 Å². The lowest BCUT2D eigenvalue weighted by molar-refractivity contribution is -0.718. The Labute approximate surface area is 170 Å². The first kappa shape index (κ1) is 19.3. The standard InChI is InChI=1S/C23H29N3OS/c1-4-6-15-9-11-16(12-10-15)21(14(2)3)24-13-19-25-22(27)20-17-7-5-8-18(17)28-23(20)26-19/h9-12,14,21,24H,4-8,13H2,1-3H3,(H,25,26,27)/p+1/t21-/m1/s1. The van der Waals surface area contributed by atoms with E-state index in [0.717, 1.165) is 35.3 Å². The van der Waals surface area contributed by atoms with E-state index in [0.29, 0.717) is 18.5 Å². The summed E-state index contributed by atoms with van der Waals surface area (Å²) in [6, 6.07) is 9.37. The van der Waals surface area contributed by atoms with Crippen molar-refractivity contribution >= 4 is 21.6 Å². The van der Waals surface area contributed by atoms with Crippen LogP contribution in [0.25, 0.3) is 10.2 Å². The van der Waals surface area contributed by atoms with Crippen LogP contribution in [0.2, 0.25) is 0 Å². The van der Waals surface area contributed by atoms with Crippen LogP contribution in [0.5, 0.6) is 0 Å². The van der Waals surface area contributed by atoms with E-state index in [9.17, 15) is 4.79 Å². The highest BCUT2D eigenvalue weighted by Gasteiger charge is 2.23. The molecule has 1 aromatic carbocycles. The number of thiophene rings is 1. The Hall–Kier alpha value is -1.98. The molecular formula is C23H30N3OS+. The fraction of sp³-hybridized carbons (Fsp3) is 0.478. The van der Waals surface area contributed by atoms with Crippen LogP contribution in [0.4, 0.5) is 0 Å². The normalized spacial score (nSPS) is 14.7. The van der Waals surface area contributed by atoms with Crippen LogP contribution in [0.1, 0.15) is 67.0 Å². The number of H-pyrrole nitrogens is 1. The average molecular weight is 397 g/mol. The van der Waals surface area contributed by atoms with Crippen molar-refractivity contribution in [2.24, 2.45) is 5.92 Å². The summed E-state index contributed by atoms with van der Waals surface area (Å²) in [5.74, 6) is 1.28. The topological polar surface area (TPSA) is 62.4 Å². The zero-order valence-electron chi connectivity index (χ0n) is 17.0. The Balaban J connectivity index is 1.53. The van der Waals surface area contributed by atoms with Gasteiger partial charge in [0.2, 0.25) is 0 Å². The quantitative estimate of drug-likeness (QED) is 0.636. The monoisotopic (exact) mass is 396 g/mol. The molecular weight excluding hydrogens is 366 g/mol. The van der Waals surface area contributed by atoms with Gasteiger partial charge in [-0.25, -0.2) is 4.98 Å². The lowest BCUT2D eigenvalue weighted by atomic mass is 9.94. The summed E-state index contributed by atoms with van der Waals surface area (Å²) in [6.45, 7) is 7.41. The van der Waals surface area contributed by atoms with Crippen LogP contribution in [-0.4, -0.2) is 9.97 Å². The smallest absolute Gasteiger partial charge is 0.260 e. The van der Waals surface area contributed by atoms with E-state index in [4.69, 9.17) is 4.98 Å². The minimum Gasteiger partial charge on any atom is -0.334 e. The number of aromatic amines is 1. The molecule has 1 atom stereocenters. The number of rotatable bonds is 7. The third kappa shape index (κ3) is 3.78. The van der Waals surface area contributed by atoms with E-state index in [-0.39, 0.29) is 5.56 Å². The maximum Gasteiger partial charge on any atom is 0.260 e. The fourth-order valence-electron chi connectivity index (χ4n) is 4.37. The molecule has 1 aliphatic rings. The molecule has 4 nitrogen and oxygen atoms in total. The second-order valence-electron chi connectivity index (χ2n) is 8.25. The largest absolute Gasteiger partial charge is 0.334 e. The van der Waals surface area contributed by atoms with E-state index in [1.165, 1.54) is 34.4 Å². The third-order valence-corrected chi connectivity index (χ3v) is 7.00. The van der Waals surface area contributed by atoms with Gasteiger partial charge in [0.1, 0.15) is 17.4 Å². The van der Waals surface area contributed by atoms with E-state index in [1.807, 2.05) is 0 Å². The zero-order valence-corrected chi connectivity index (χ0v) is 17.9. The van der Waals surface area contributed by atoms with Gasteiger partial charge in [0.25, 0.3) is 5.56 Å². The summed E-state index contributed by atoms with van der Waals surface area (Å²) in [6.07, 6.45) is 5.59. The molecule has 148 valence electrons. The van der Waals surface area contributed by atoms with Crippen LogP contribution in [0.3, 0.4) is 0 Å². The van der Waals surface area contributed by atoms with Gasteiger partial charge in [0.15, 0.2) is 5.82 Å². The van der Waals surface area contributed by atoms with Crippen molar-refractivity contribution in [2.75, 3.05) is 0 Å². The Morgan fingerprint density at radius 1 is 1.21 bits per heavy atom. The number of quaternary nitrogens is 1. The predicted molar refractivity (Wildman–Crippen MR) is 116 cm³/mol. The second-order valence-corrected chi connectivity index (χ2v) is 9.33. The number of benzene rings is 1. The highest BCUT2D eigenvalue weighted by atomic mass is 32.1. The summed E-state index contributed by atoms with van der Waals surface area (Å²) in [7, 11) is 0. The van der Waals surface area contributed by atoms with Crippen molar-refractivity contribution in [3.05, 3.63) is 62.0 Å². The van der Waals surface area contributed by atoms with Gasteiger partial charge < -0.3 is 10.3 Å². The molecule has 0 amide bonds. The Kier molecular flexibility index (Phi) is 5.65. The molecule has 0 radical (unpaired) electrons. The molecule has 2 heterocycles. The maximum absolute atomic E-state index is 12.7. The van der Waals surface area contributed by atoms with Crippen molar-refractivity contribution in [1.82, 2.24) is 9.97 Å². The Morgan fingerprint density at radius 3 is 2.71 bits per heavy atom. The number of fused-ring (bicyclic) bond motifs is 3. The van der Waals surface area contributed by atoms with Crippen molar-refractivity contribution in [3.8, 4) is 0 Å². The predicted octanol–water partition coefficient (Wildman–Crippen LogP) is 3.89. The maximum atomic E-state index is 12.7. The molecule has 0 saturated carbocycles. The minimum absolute atomic E-state index is 0.0396. The first-order chi connectivity index (χ1) is 13.6. The number of aryl methyl sites for hydroxylation is 3. The first-order valence-electron chi connectivity index (χ1n) is 10.5. The first-order valence-corrected chi connectivity index (χ1v) is 11.3. The summed E-state index contributed by atoms with van der Waals surface area (Å²) < 4.78 is 0. The number of hydrogen-bond acceptors (Lipinski definition) is 3. The molecule has 0 saturated heterocycles. The molecule has 0 bridgehead atoms. The van der Waals surface area contributed by atoms with Gasteiger partial charge in [-0.1, -0.05) is 51.5 Å². The summed E-state index contributed by atoms with van der Waals surface area (Å²) >= 11 is 1.71. The van der Waals surface area contributed by atoms with Gasteiger partial charge >= 0.3 is 0 Å². The fourth-order valence-corrected chi connectivity index (χ4v) is 5.65. The van der Waals surface area contributed by atoms with E-state index in [2.05, 4.69) is 55.3 Å². The van der Waals surface area contributed by atoms with Crippen LogP contribution < -0.4 is 10.9 Å². The molecule has 5 heteroatoms. The lowest BCUT2D eigenvalue weighted by Gasteiger charge is -2.20. The van der Waals surface area contributed by atoms with Crippen molar-refractivity contribution < 1.29 is 5.32 Å². The summed E-state index contributed by atoms with van der Waals surface area (Å²) in [5, 5.41) is 3.15. The third-order valence-electron chi connectivity index (χ3n) is 5.81. The molecule has 0 unspecified atom stereocenters. The van der Waals surface area contributed by atoms with Gasteiger partial charge in [-0.15, -0.1) is 11.3 Å². The molecule has 3 aromatic rings. The van der Waals surface area contributed by atoms with E-state index >= 15 is 0 Å². The second kappa shape index (κ2) is 8.18. The molecule has 1 aliphatic carbocycles. The summed E-state index contributed by atoms with van der Waals surface area (Å²) in [4.78, 5) is 22.8. The van der Waals surface area contributed by atoms with Crippen LogP contribution in [-0.2, 0) is 25.8 Å². The van der Waals surface area contributed by atoms with Gasteiger partial charge in [-0.2, -0.15) is 0 Å². The highest BCUT2D eigenvalue weighted by Crippen LogP contribution is 2.34. The zero-order chi connectivity index (χ0) is 19.7. The number of hydrogen-bond donors (Lipinski definition) is 2. The molecule has 0 fully saturated rings. The Morgan fingerprint density at radius 2 is 2.00 bits per heavy atom. The van der Waals surface area contributed by atoms with Crippen LogP contribution in [0.15, 0.2) is 29.1 Å². The van der Waals surface area contributed by atoms with Gasteiger partial charge in [0.05, 0.1) is 5.39 Å². The molecule has 3 N–H and O–H groups in total. The van der Waals surface area contributed by atoms with E-state index in [1.54, 1.807) is 11.3 Å². The molecule has 0 spiro atoms. The van der Waals surface area contributed by atoms with Gasteiger partial charge in [-0.3, -0.25) is 4.79 Å². The minimum atomic E-state index is 0.0396. The number of nitrogens with one attached hydrogen (secondary N) is 1. The average Bonchev–Trinajstić information content (AvgIpc) is 3.24. The van der Waals surface area contributed by atoms with Gasteiger partial charge in [-0.05, 0) is 36.8 Å². The van der Waals surface area contributed by atoms with Crippen molar-refractivity contribution in [3.63, 3.8) is 0 Å². The molecule has 0 aliphatic heterocycles. The van der Waals surface area contributed by atoms with Gasteiger partial charge in [0, 0.05) is 16.4 Å². The van der Waals surface area contributed by atoms with Crippen LogP contribution >= 0.6 is 11.3 Å². The number of nitrogens with zero attached hydrogens (tertiary/aromatic N) is 1. The molecule has 4 rings (SSSR count). The highest BCUT2D eigenvalue weighted by molar-refractivity contribution is 7.18. The lowest BCUT2D eigenvalue weighted by Crippen LogP contribution is -2.85. The Bertz CT molecular complexity index is 1020. The van der Waals surface area contributed by atoms with Crippen LogP contribution in [0, 0.1) is 5.92 Å². The summed E-state index contributed by atoms with van der Waals surface area (Å²) in [5.41, 5.74) is 4.03. The molecule has 28 heavy (non-hydrogen) atoms. The number of nitrogens with two attached hydrogens (primary N) is 1. The SMILES string of the molecule is CCCc1ccc([C@H]([NH2+]Cc2nc3sc4c(c3c(=O)[nH]2)CCC4)C(C)C)cc1. The van der Waals surface area contributed by atoms with Crippen molar-refractivity contribution in [1.29, 1.82) is 0 Å². The number of aromatic nitrogens is 2. The molecule has 2 aromatic heterocycles. The van der Waals surface area contributed by atoms with E-state index < -0.39 is 0 Å².